The predicted molar refractivity (Wildman–Crippen MR) is 137 cm³/mol. The van der Waals surface area contributed by atoms with Gasteiger partial charge in [0.15, 0.2) is 23.8 Å². The zero-order valence-corrected chi connectivity index (χ0v) is 21.9. The minimum Gasteiger partial charge on any atom is -0.394 e. The summed E-state index contributed by atoms with van der Waals surface area (Å²) in [6, 6.07) is 0. The molecule has 2 aliphatic heterocycles. The molecule has 10 N–H and O–H groups in total. The summed E-state index contributed by atoms with van der Waals surface area (Å²) in [5.41, 5.74) is 13.0. The molecule has 0 radical (unpaired) electrons. The van der Waals surface area contributed by atoms with Crippen LogP contribution in [-0.4, -0.2) is 120 Å². The zero-order valence-electron chi connectivity index (χ0n) is 20.2. The summed E-state index contributed by atoms with van der Waals surface area (Å²) in [6.45, 7) is -0.978. The smallest absolute Gasteiger partial charge is 0.223 e. The number of aliphatic hydroxyl groups excluding tert-OH is 6. The molecule has 6 heterocycles. The number of rotatable bonds is 7. The molecule has 20 heteroatoms. The Labute approximate surface area is 231 Å². The molecule has 6 rings (SSSR count). The lowest BCUT2D eigenvalue weighted by Gasteiger charge is -2.16. The van der Waals surface area contributed by atoms with Gasteiger partial charge in [0.05, 0.1) is 25.9 Å². The molecule has 0 spiro atoms. The molecule has 18 nitrogen and oxygen atoms in total. The van der Waals surface area contributed by atoms with Gasteiger partial charge in [0.2, 0.25) is 11.9 Å². The van der Waals surface area contributed by atoms with Gasteiger partial charge in [0, 0.05) is 0 Å². The van der Waals surface area contributed by atoms with Crippen molar-refractivity contribution in [2.45, 2.75) is 59.1 Å². The van der Waals surface area contributed by atoms with E-state index >= 15 is 0 Å². The Kier molecular flexibility index (Phi) is 7.14. The standard InChI is InChI=1S/C20H24N10O8S2/c21-19-25-13-7(23-3-29(13)17-11(35)9(33)5(1-31)37-17)15(27-19)39-40-16-8-14(26-20(22)28-16)30(4-24-8)18-12(36)10(34)6(2-32)38-18/h3-6,9-12,17-18,31-36H,1-2H2,(H2,21,25,27)(H2,22,26,28)/t5-,6-,9+,10+,11+,12+,17-,18-/m0/s1. The highest BCUT2D eigenvalue weighted by atomic mass is 33.1. The Balaban J connectivity index is 1.30. The third-order valence-electron chi connectivity index (χ3n) is 6.60. The maximum Gasteiger partial charge on any atom is 0.223 e. The Morgan fingerprint density at radius 2 is 1.07 bits per heavy atom. The average molecular weight is 597 g/mol. The topological polar surface area (TPSA) is 279 Å². The van der Waals surface area contributed by atoms with E-state index < -0.39 is 62.3 Å². The van der Waals surface area contributed by atoms with E-state index in [0.29, 0.717) is 21.1 Å². The number of ether oxygens (including phenoxy) is 2. The van der Waals surface area contributed by atoms with Crippen LogP contribution in [0, 0.1) is 0 Å². The number of nitrogens with two attached hydrogens (primary N) is 2. The summed E-state index contributed by atoms with van der Waals surface area (Å²) in [5, 5.41) is 60.7. The second kappa shape index (κ2) is 10.5. The number of nitrogens with zero attached hydrogens (tertiary/aromatic N) is 8. The van der Waals surface area contributed by atoms with Gasteiger partial charge in [-0.1, -0.05) is 0 Å². The van der Waals surface area contributed by atoms with E-state index in [1.807, 2.05) is 0 Å². The van der Waals surface area contributed by atoms with Crippen LogP contribution in [0.4, 0.5) is 11.9 Å². The predicted octanol–water partition coefficient (Wildman–Crippen LogP) is -2.85. The van der Waals surface area contributed by atoms with E-state index in [-0.39, 0.29) is 23.2 Å². The van der Waals surface area contributed by atoms with E-state index in [2.05, 4.69) is 29.9 Å². The largest absolute Gasteiger partial charge is 0.394 e. The summed E-state index contributed by atoms with van der Waals surface area (Å²) in [4.78, 5) is 25.6. The monoisotopic (exact) mass is 596 g/mol. The van der Waals surface area contributed by atoms with Crippen molar-refractivity contribution in [3.8, 4) is 0 Å². The van der Waals surface area contributed by atoms with Crippen LogP contribution in [0.1, 0.15) is 12.5 Å². The van der Waals surface area contributed by atoms with Crippen LogP contribution in [-0.2, 0) is 9.47 Å². The van der Waals surface area contributed by atoms with Crippen molar-refractivity contribution in [3.63, 3.8) is 0 Å². The number of anilines is 2. The lowest BCUT2D eigenvalue weighted by Crippen LogP contribution is -2.33. The third-order valence-corrected chi connectivity index (χ3v) is 8.76. The van der Waals surface area contributed by atoms with Crippen LogP contribution in [0.3, 0.4) is 0 Å². The van der Waals surface area contributed by atoms with Crippen LogP contribution in [0.15, 0.2) is 22.7 Å². The van der Waals surface area contributed by atoms with Crippen LogP contribution in [0.5, 0.6) is 0 Å². The maximum atomic E-state index is 10.4. The van der Waals surface area contributed by atoms with Crippen molar-refractivity contribution in [3.05, 3.63) is 12.7 Å². The number of nitrogen functional groups attached to an aromatic ring is 2. The van der Waals surface area contributed by atoms with Crippen molar-refractivity contribution in [1.29, 1.82) is 0 Å². The van der Waals surface area contributed by atoms with Crippen LogP contribution in [0.2, 0.25) is 0 Å². The van der Waals surface area contributed by atoms with Crippen molar-refractivity contribution < 1.29 is 40.1 Å². The van der Waals surface area contributed by atoms with Crippen molar-refractivity contribution in [2.75, 3.05) is 24.7 Å². The lowest BCUT2D eigenvalue weighted by atomic mass is 10.1. The van der Waals surface area contributed by atoms with Crippen molar-refractivity contribution in [2.24, 2.45) is 0 Å². The fourth-order valence-corrected chi connectivity index (χ4v) is 6.64. The van der Waals surface area contributed by atoms with Crippen LogP contribution < -0.4 is 11.5 Å². The second-order valence-corrected chi connectivity index (χ2v) is 11.2. The highest BCUT2D eigenvalue weighted by molar-refractivity contribution is 8.76. The number of hydrogen-bond donors (Lipinski definition) is 8. The van der Waals surface area contributed by atoms with Crippen molar-refractivity contribution in [1.82, 2.24) is 39.0 Å². The first-order valence-electron chi connectivity index (χ1n) is 11.8. The Morgan fingerprint density at radius 3 is 1.43 bits per heavy atom. The molecule has 0 aliphatic carbocycles. The fourth-order valence-electron chi connectivity index (χ4n) is 4.60. The average Bonchev–Trinajstić information content (AvgIpc) is 3.68. The Morgan fingerprint density at radius 1 is 0.675 bits per heavy atom. The van der Waals surface area contributed by atoms with Gasteiger partial charge in [-0.2, -0.15) is 9.97 Å². The highest BCUT2D eigenvalue weighted by Gasteiger charge is 2.45. The van der Waals surface area contributed by atoms with E-state index in [1.54, 1.807) is 0 Å². The molecule has 0 bridgehead atoms. The van der Waals surface area contributed by atoms with Gasteiger partial charge >= 0.3 is 0 Å². The molecule has 2 saturated heterocycles. The Hall–Kier alpha value is -2.92. The molecule has 8 atom stereocenters. The lowest BCUT2D eigenvalue weighted by molar-refractivity contribution is -0.0511. The minimum absolute atomic E-state index is 0.0925. The SMILES string of the molecule is Nc1nc(SSc2nc(N)nc3c2ncn3[C@H]2O[C@@H](CO)[C@@H](O)[C@H]2O)c2ncn([C@H]3O[C@@H](CO)[C@@H](O)[C@H]3O)c2n1. The number of imidazole rings is 2. The van der Waals surface area contributed by atoms with Crippen molar-refractivity contribution >= 4 is 55.8 Å². The maximum absolute atomic E-state index is 10.4. The Bertz CT molecular complexity index is 1440. The van der Waals surface area contributed by atoms with Gasteiger partial charge in [-0.05, 0) is 21.6 Å². The summed E-state index contributed by atoms with van der Waals surface area (Å²) in [5.74, 6) is -0.185. The van der Waals surface area contributed by atoms with Gasteiger partial charge in [-0.25, -0.2) is 19.9 Å². The third kappa shape index (κ3) is 4.41. The summed E-state index contributed by atoms with van der Waals surface area (Å²) < 4.78 is 14.0. The molecular formula is C20H24N10O8S2. The van der Waals surface area contributed by atoms with Crippen LogP contribution in [0.25, 0.3) is 22.3 Å². The molecule has 214 valence electrons. The highest BCUT2D eigenvalue weighted by Crippen LogP contribution is 2.42. The first kappa shape index (κ1) is 27.3. The van der Waals surface area contributed by atoms with Crippen LogP contribution >= 0.6 is 21.6 Å². The van der Waals surface area contributed by atoms with Gasteiger partial charge in [-0.3, -0.25) is 9.13 Å². The zero-order chi connectivity index (χ0) is 28.3. The molecule has 0 unspecified atom stereocenters. The van der Waals surface area contributed by atoms with Gasteiger partial charge in [0.1, 0.15) is 57.7 Å². The summed E-state index contributed by atoms with van der Waals surface area (Å²) in [7, 11) is 2.24. The molecular weight excluding hydrogens is 572 g/mol. The van der Waals surface area contributed by atoms with E-state index in [0.717, 1.165) is 21.6 Å². The van der Waals surface area contributed by atoms with Gasteiger partial charge in [-0.15, -0.1) is 0 Å². The number of aromatic nitrogens is 8. The molecule has 0 aromatic carbocycles. The number of fused-ring (bicyclic) bond motifs is 2. The van der Waals surface area contributed by atoms with E-state index in [9.17, 15) is 30.6 Å². The second-order valence-electron chi connectivity index (χ2n) is 9.05. The first-order chi connectivity index (χ1) is 19.2. The molecule has 4 aromatic rings. The number of hydrogen-bond acceptors (Lipinski definition) is 18. The van der Waals surface area contributed by atoms with E-state index in [4.69, 9.17) is 20.9 Å². The molecule has 40 heavy (non-hydrogen) atoms. The fraction of sp³-hybridized carbons (Fsp3) is 0.500. The van der Waals surface area contributed by atoms with Gasteiger partial charge < -0.3 is 51.6 Å². The van der Waals surface area contributed by atoms with E-state index in [1.165, 1.54) is 21.8 Å². The quantitative estimate of drug-likeness (QED) is 0.0787. The summed E-state index contributed by atoms with van der Waals surface area (Å²) >= 11 is 0. The molecule has 0 saturated carbocycles. The molecule has 2 fully saturated rings. The van der Waals surface area contributed by atoms with Gasteiger partial charge in [0.25, 0.3) is 0 Å². The first-order valence-corrected chi connectivity index (χ1v) is 14.0. The number of aliphatic hydroxyl groups is 6. The summed E-state index contributed by atoms with van der Waals surface area (Å²) in [6.07, 6.45) is -6.71. The molecule has 0 amide bonds. The molecule has 2 aliphatic rings. The normalized spacial score (nSPS) is 30.6. The molecule has 4 aromatic heterocycles. The minimum atomic E-state index is -1.35.